The van der Waals surface area contributed by atoms with E-state index in [4.69, 9.17) is 27.9 Å². The Balaban J connectivity index is 2.28. The minimum atomic E-state index is 0.398. The Morgan fingerprint density at radius 3 is 2.61 bits per heavy atom. The third kappa shape index (κ3) is 3.19. The van der Waals surface area contributed by atoms with Gasteiger partial charge in [-0.2, -0.15) is 0 Å². The van der Waals surface area contributed by atoms with Crippen molar-refractivity contribution in [2.45, 2.75) is 12.8 Å². The van der Waals surface area contributed by atoms with Crippen molar-refractivity contribution < 1.29 is 4.74 Å². The first-order valence-electron chi connectivity index (χ1n) is 5.38. The van der Waals surface area contributed by atoms with Gasteiger partial charge in [-0.3, -0.25) is 0 Å². The molecule has 0 bridgehead atoms. The van der Waals surface area contributed by atoms with Crippen molar-refractivity contribution in [3.63, 3.8) is 0 Å². The molecule has 0 radical (unpaired) electrons. The van der Waals surface area contributed by atoms with Crippen molar-refractivity contribution >= 4 is 39.1 Å². The Hall–Kier alpha value is -0.700. The molecule has 2 aromatic carbocycles. The molecule has 0 unspecified atom stereocenters. The lowest BCUT2D eigenvalue weighted by molar-refractivity contribution is 0.478. The van der Waals surface area contributed by atoms with Gasteiger partial charge in [0.25, 0.3) is 0 Å². The second kappa shape index (κ2) is 5.96. The van der Waals surface area contributed by atoms with Crippen molar-refractivity contribution in [3.05, 3.63) is 57.0 Å². The van der Waals surface area contributed by atoms with Crippen LogP contribution in [0.15, 0.2) is 40.9 Å². The van der Waals surface area contributed by atoms with E-state index in [2.05, 4.69) is 15.9 Å². The maximum Gasteiger partial charge on any atom is 0.131 e. The number of benzene rings is 2. The molecule has 0 fully saturated rings. The number of aryl methyl sites for hydroxylation is 1. The molecule has 0 amide bonds. The van der Waals surface area contributed by atoms with E-state index in [0.29, 0.717) is 16.7 Å². The molecule has 0 spiro atoms. The molecule has 0 aromatic heterocycles. The third-order valence-corrected chi connectivity index (χ3v) is 3.68. The highest BCUT2D eigenvalue weighted by Gasteiger charge is 2.05. The van der Waals surface area contributed by atoms with Gasteiger partial charge in [0.15, 0.2) is 0 Å². The van der Waals surface area contributed by atoms with E-state index in [-0.39, 0.29) is 0 Å². The van der Waals surface area contributed by atoms with Crippen LogP contribution in [0.5, 0.6) is 11.5 Å². The fourth-order valence-corrected chi connectivity index (χ4v) is 2.39. The van der Waals surface area contributed by atoms with Crippen LogP contribution in [0.3, 0.4) is 0 Å². The van der Waals surface area contributed by atoms with E-state index in [9.17, 15) is 0 Å². The van der Waals surface area contributed by atoms with Crippen LogP contribution >= 0.6 is 39.1 Å². The zero-order valence-corrected chi connectivity index (χ0v) is 12.8. The standard InChI is InChI=1S/C14H11BrCl2O/c1-9-2-4-11(15)6-14(9)18-12-5-3-10(8-16)13(17)7-12/h2-7H,8H2,1H3. The molecule has 2 rings (SSSR count). The maximum atomic E-state index is 6.09. The number of hydrogen-bond acceptors (Lipinski definition) is 1. The SMILES string of the molecule is Cc1ccc(Br)cc1Oc1ccc(CCl)c(Cl)c1. The number of rotatable bonds is 3. The normalized spacial score (nSPS) is 10.4. The topological polar surface area (TPSA) is 9.23 Å². The van der Waals surface area contributed by atoms with Gasteiger partial charge >= 0.3 is 0 Å². The van der Waals surface area contributed by atoms with Gasteiger partial charge in [0.05, 0.1) is 0 Å². The van der Waals surface area contributed by atoms with Crippen molar-refractivity contribution in [2.24, 2.45) is 0 Å². The number of alkyl halides is 1. The van der Waals surface area contributed by atoms with Crippen LogP contribution in [0.1, 0.15) is 11.1 Å². The van der Waals surface area contributed by atoms with Gasteiger partial charge in [0.1, 0.15) is 11.5 Å². The Morgan fingerprint density at radius 2 is 1.94 bits per heavy atom. The second-order valence-corrected chi connectivity index (χ2v) is 5.49. The molecule has 18 heavy (non-hydrogen) atoms. The predicted molar refractivity (Wildman–Crippen MR) is 80.0 cm³/mol. The van der Waals surface area contributed by atoms with Crippen molar-refractivity contribution in [2.75, 3.05) is 0 Å². The summed E-state index contributed by atoms with van der Waals surface area (Å²) in [6.45, 7) is 2.00. The molecule has 0 heterocycles. The van der Waals surface area contributed by atoms with Crippen LogP contribution < -0.4 is 4.74 Å². The molecule has 0 saturated carbocycles. The van der Waals surface area contributed by atoms with Crippen molar-refractivity contribution in [1.29, 1.82) is 0 Å². The van der Waals surface area contributed by atoms with Crippen LogP contribution in [0.4, 0.5) is 0 Å². The van der Waals surface area contributed by atoms with Gasteiger partial charge in [-0.1, -0.05) is 39.7 Å². The van der Waals surface area contributed by atoms with Gasteiger partial charge in [-0.15, -0.1) is 11.6 Å². The molecular formula is C14H11BrCl2O. The van der Waals surface area contributed by atoms with Gasteiger partial charge in [-0.25, -0.2) is 0 Å². The summed E-state index contributed by atoms with van der Waals surface area (Å²) in [6, 6.07) is 11.4. The van der Waals surface area contributed by atoms with Crippen molar-refractivity contribution in [1.82, 2.24) is 0 Å². The maximum absolute atomic E-state index is 6.09. The minimum Gasteiger partial charge on any atom is -0.457 e. The molecule has 0 aliphatic carbocycles. The Morgan fingerprint density at radius 1 is 1.17 bits per heavy atom. The minimum absolute atomic E-state index is 0.398. The van der Waals surface area contributed by atoms with E-state index in [1.165, 1.54) is 0 Å². The molecule has 0 saturated heterocycles. The Bertz CT molecular complexity index is 570. The van der Waals surface area contributed by atoms with Gasteiger partial charge < -0.3 is 4.74 Å². The number of halogens is 3. The molecule has 4 heteroatoms. The molecule has 1 nitrogen and oxygen atoms in total. The van der Waals surface area contributed by atoms with Gasteiger partial charge in [0.2, 0.25) is 0 Å². The zero-order chi connectivity index (χ0) is 13.1. The lowest BCUT2D eigenvalue weighted by Gasteiger charge is -2.10. The summed E-state index contributed by atoms with van der Waals surface area (Å²) in [7, 11) is 0. The molecule has 2 aromatic rings. The lowest BCUT2D eigenvalue weighted by Crippen LogP contribution is -1.89. The molecule has 0 aliphatic rings. The van der Waals surface area contributed by atoms with Crippen LogP contribution in [-0.2, 0) is 5.88 Å². The summed E-state index contributed by atoms with van der Waals surface area (Å²) >= 11 is 15.3. The second-order valence-electron chi connectivity index (χ2n) is 3.90. The Kier molecular flexibility index (Phi) is 4.55. The monoisotopic (exact) mass is 344 g/mol. The first-order valence-corrected chi connectivity index (χ1v) is 7.09. The first kappa shape index (κ1) is 13.7. The highest BCUT2D eigenvalue weighted by molar-refractivity contribution is 9.10. The quantitative estimate of drug-likeness (QED) is 0.625. The summed E-state index contributed by atoms with van der Waals surface area (Å²) in [6.07, 6.45) is 0. The van der Waals surface area contributed by atoms with E-state index < -0.39 is 0 Å². The molecular weight excluding hydrogens is 335 g/mol. The van der Waals surface area contributed by atoms with Crippen LogP contribution in [0.2, 0.25) is 5.02 Å². The van der Waals surface area contributed by atoms with E-state index in [0.717, 1.165) is 21.3 Å². The average Bonchev–Trinajstić information content (AvgIpc) is 2.34. The summed E-state index contributed by atoms with van der Waals surface area (Å²) in [4.78, 5) is 0. The van der Waals surface area contributed by atoms with Gasteiger partial charge in [-0.05, 0) is 42.3 Å². The molecule has 0 aliphatic heterocycles. The third-order valence-electron chi connectivity index (χ3n) is 2.55. The summed E-state index contributed by atoms with van der Waals surface area (Å²) in [5, 5.41) is 0.621. The zero-order valence-electron chi connectivity index (χ0n) is 9.71. The fourth-order valence-electron chi connectivity index (χ4n) is 1.51. The smallest absolute Gasteiger partial charge is 0.131 e. The van der Waals surface area contributed by atoms with E-state index in [1.807, 2.05) is 37.3 Å². The van der Waals surface area contributed by atoms with Crippen LogP contribution in [-0.4, -0.2) is 0 Å². The molecule has 0 atom stereocenters. The Labute approximate surface area is 125 Å². The highest BCUT2D eigenvalue weighted by Crippen LogP contribution is 2.31. The van der Waals surface area contributed by atoms with Crippen LogP contribution in [0, 0.1) is 6.92 Å². The van der Waals surface area contributed by atoms with Crippen molar-refractivity contribution in [3.8, 4) is 11.5 Å². The summed E-state index contributed by atoms with van der Waals surface area (Å²) in [5.74, 6) is 1.91. The number of hydrogen-bond donors (Lipinski definition) is 0. The van der Waals surface area contributed by atoms with E-state index in [1.54, 1.807) is 6.07 Å². The summed E-state index contributed by atoms with van der Waals surface area (Å²) < 4.78 is 6.79. The van der Waals surface area contributed by atoms with Gasteiger partial charge in [0, 0.05) is 15.4 Å². The first-order chi connectivity index (χ1) is 8.60. The van der Waals surface area contributed by atoms with Crippen LogP contribution in [0.25, 0.3) is 0 Å². The summed E-state index contributed by atoms with van der Waals surface area (Å²) in [5.41, 5.74) is 1.97. The highest BCUT2D eigenvalue weighted by atomic mass is 79.9. The fraction of sp³-hybridized carbons (Fsp3) is 0.143. The van der Waals surface area contributed by atoms with E-state index >= 15 is 0 Å². The molecule has 0 N–H and O–H groups in total. The number of ether oxygens (including phenoxy) is 1. The largest absolute Gasteiger partial charge is 0.457 e. The molecule has 94 valence electrons. The average molecular weight is 346 g/mol. The lowest BCUT2D eigenvalue weighted by atomic mass is 10.2. The predicted octanol–water partition coefficient (Wildman–Crippen LogP) is 5.94.